The van der Waals surface area contributed by atoms with Gasteiger partial charge in [-0.15, -0.1) is 0 Å². The van der Waals surface area contributed by atoms with Crippen LogP contribution in [0.15, 0.2) is 0 Å². The highest BCUT2D eigenvalue weighted by Gasteiger charge is 2.67. The smallest absolute Gasteiger partial charge is 0.458 e. The van der Waals surface area contributed by atoms with Crippen molar-refractivity contribution in [1.82, 2.24) is 0 Å². The van der Waals surface area contributed by atoms with E-state index in [1.165, 1.54) is 0 Å². The van der Waals surface area contributed by atoms with Gasteiger partial charge in [0.05, 0.1) is 5.60 Å². The first-order valence-electron chi connectivity index (χ1n) is 11.3. The third-order valence-electron chi connectivity index (χ3n) is 6.84. The zero-order chi connectivity index (χ0) is 25.8. The van der Waals surface area contributed by atoms with Crippen LogP contribution in [0.3, 0.4) is 0 Å². The van der Waals surface area contributed by atoms with Gasteiger partial charge in [-0.05, 0) is 64.2 Å². The van der Waals surface area contributed by atoms with Crippen LogP contribution in [0.1, 0.15) is 79.1 Å². The van der Waals surface area contributed by atoms with Crippen LogP contribution in [0.2, 0.25) is 0 Å². The molecular weight excluding hydrogens is 478 g/mol. The number of halogens is 2. The maximum Gasteiger partial charge on any atom is 0.465 e. The summed E-state index contributed by atoms with van der Waals surface area (Å²) in [5.74, 6) is -3.18. The molecule has 0 aromatic heterocycles. The number of ketones is 1. The highest BCUT2D eigenvalue weighted by atomic mass is 32.2. The topological polar surface area (TPSA) is 133 Å². The van der Waals surface area contributed by atoms with Crippen molar-refractivity contribution in [1.29, 1.82) is 0 Å². The SMILES string of the molecule is CCC(=O)CC12CC3CC(OCC(=O)OC(C)(C)C)(C1)CC(OC(=O)C(F)(F)S(=O)(=O)O)(C3)C2. The number of hydrogen-bond donors (Lipinski definition) is 1. The Labute approximate surface area is 197 Å². The van der Waals surface area contributed by atoms with Crippen molar-refractivity contribution >= 4 is 27.8 Å². The molecule has 0 heterocycles. The number of Topliss-reactive ketones (excluding diaryl/α,β-unsaturated/α-hetero) is 1. The second-order valence-electron chi connectivity index (χ2n) is 11.2. The van der Waals surface area contributed by atoms with Crippen molar-refractivity contribution in [2.45, 2.75) is 101 Å². The predicted molar refractivity (Wildman–Crippen MR) is 113 cm³/mol. The Morgan fingerprint density at radius 3 is 2.18 bits per heavy atom. The molecule has 4 atom stereocenters. The fourth-order valence-corrected chi connectivity index (χ4v) is 6.67. The number of esters is 2. The Morgan fingerprint density at radius 2 is 1.62 bits per heavy atom. The molecule has 4 aliphatic carbocycles. The van der Waals surface area contributed by atoms with Crippen LogP contribution in [-0.4, -0.2) is 59.4 Å². The maximum absolute atomic E-state index is 14.0. The molecule has 4 aliphatic rings. The Kier molecular flexibility index (Phi) is 6.72. The first-order chi connectivity index (χ1) is 15.3. The van der Waals surface area contributed by atoms with E-state index >= 15 is 0 Å². The van der Waals surface area contributed by atoms with Gasteiger partial charge in [-0.3, -0.25) is 9.35 Å². The van der Waals surface area contributed by atoms with Gasteiger partial charge < -0.3 is 14.2 Å². The van der Waals surface area contributed by atoms with Crippen molar-refractivity contribution in [3.63, 3.8) is 0 Å². The van der Waals surface area contributed by atoms with Crippen LogP contribution in [0.25, 0.3) is 0 Å². The van der Waals surface area contributed by atoms with Crippen LogP contribution in [0, 0.1) is 11.3 Å². The van der Waals surface area contributed by atoms with Crippen molar-refractivity contribution < 1.29 is 50.3 Å². The second-order valence-corrected chi connectivity index (χ2v) is 12.7. The quantitative estimate of drug-likeness (QED) is 0.367. The lowest BCUT2D eigenvalue weighted by molar-refractivity contribution is -0.262. The minimum absolute atomic E-state index is 0.0331. The van der Waals surface area contributed by atoms with Gasteiger partial charge in [-0.25, -0.2) is 9.59 Å². The molecule has 12 heteroatoms. The molecule has 194 valence electrons. The van der Waals surface area contributed by atoms with E-state index in [1.807, 2.05) is 0 Å². The highest BCUT2D eigenvalue weighted by Crippen LogP contribution is 2.66. The molecule has 1 N–H and O–H groups in total. The molecular formula is C22H32F2O9S. The van der Waals surface area contributed by atoms with Gasteiger partial charge in [0, 0.05) is 19.3 Å². The number of alkyl halides is 2. The molecule has 9 nitrogen and oxygen atoms in total. The molecule has 0 aliphatic heterocycles. The van der Waals surface area contributed by atoms with Crippen LogP contribution >= 0.6 is 0 Å². The van der Waals surface area contributed by atoms with Crippen LogP contribution in [0.4, 0.5) is 8.78 Å². The summed E-state index contributed by atoms with van der Waals surface area (Å²) in [6, 6.07) is 0. The average molecular weight is 511 g/mol. The van der Waals surface area contributed by atoms with E-state index < -0.39 is 56.1 Å². The molecule has 0 amide bonds. The number of carbonyl (C=O) groups is 3. The summed E-state index contributed by atoms with van der Waals surface area (Å²) in [5, 5.41) is -5.13. The Balaban J connectivity index is 1.90. The predicted octanol–water partition coefficient (Wildman–Crippen LogP) is 3.20. The molecule has 4 rings (SSSR count). The van der Waals surface area contributed by atoms with Gasteiger partial charge in [0.2, 0.25) is 0 Å². The lowest BCUT2D eigenvalue weighted by Gasteiger charge is -2.65. The second kappa shape index (κ2) is 8.48. The fourth-order valence-electron chi connectivity index (χ4n) is 6.42. The van der Waals surface area contributed by atoms with E-state index in [0.717, 1.165) is 0 Å². The van der Waals surface area contributed by atoms with Gasteiger partial charge in [0.15, 0.2) is 0 Å². The third kappa shape index (κ3) is 5.43. The lowest BCUT2D eigenvalue weighted by atomic mass is 9.45. The van der Waals surface area contributed by atoms with Crippen LogP contribution < -0.4 is 0 Å². The van der Waals surface area contributed by atoms with Crippen molar-refractivity contribution in [3.8, 4) is 0 Å². The monoisotopic (exact) mass is 510 g/mol. The third-order valence-corrected chi connectivity index (χ3v) is 7.65. The van der Waals surface area contributed by atoms with Crippen molar-refractivity contribution in [2.75, 3.05) is 6.61 Å². The molecule has 4 saturated carbocycles. The molecule has 4 bridgehead atoms. The molecule has 0 saturated heterocycles. The number of hydrogen-bond acceptors (Lipinski definition) is 8. The Morgan fingerprint density at radius 1 is 1.03 bits per heavy atom. The molecule has 34 heavy (non-hydrogen) atoms. The lowest BCUT2D eigenvalue weighted by Crippen LogP contribution is -2.66. The van der Waals surface area contributed by atoms with E-state index in [2.05, 4.69) is 0 Å². The van der Waals surface area contributed by atoms with E-state index in [-0.39, 0.29) is 43.8 Å². The van der Waals surface area contributed by atoms with Gasteiger partial charge in [0.25, 0.3) is 0 Å². The van der Waals surface area contributed by atoms with E-state index in [4.69, 9.17) is 18.8 Å². The largest absolute Gasteiger partial charge is 0.465 e. The fraction of sp³-hybridized carbons (Fsp3) is 0.864. The zero-order valence-electron chi connectivity index (χ0n) is 19.8. The highest BCUT2D eigenvalue weighted by molar-refractivity contribution is 7.87. The van der Waals surface area contributed by atoms with Gasteiger partial charge >= 0.3 is 27.3 Å². The van der Waals surface area contributed by atoms with Crippen LogP contribution in [0.5, 0.6) is 0 Å². The molecule has 0 radical (unpaired) electrons. The summed E-state index contributed by atoms with van der Waals surface area (Å²) in [6.07, 6.45) is 2.11. The molecule has 4 unspecified atom stereocenters. The van der Waals surface area contributed by atoms with Gasteiger partial charge in [-0.2, -0.15) is 17.2 Å². The summed E-state index contributed by atoms with van der Waals surface area (Å²) in [6.45, 7) is 6.40. The molecule has 4 fully saturated rings. The van der Waals surface area contributed by atoms with Crippen molar-refractivity contribution in [3.05, 3.63) is 0 Å². The summed E-state index contributed by atoms with van der Waals surface area (Å²) in [4.78, 5) is 36.9. The van der Waals surface area contributed by atoms with Crippen LogP contribution in [-0.2, 0) is 38.7 Å². The molecule has 0 aromatic carbocycles. The van der Waals surface area contributed by atoms with E-state index in [1.54, 1.807) is 27.7 Å². The summed E-state index contributed by atoms with van der Waals surface area (Å²) < 4.78 is 75.4. The molecule has 0 spiro atoms. The number of ether oxygens (including phenoxy) is 3. The molecule has 0 aromatic rings. The maximum atomic E-state index is 14.0. The first-order valence-corrected chi connectivity index (χ1v) is 12.7. The Hall–Kier alpha value is -1.66. The minimum Gasteiger partial charge on any atom is -0.458 e. The number of rotatable bonds is 9. The zero-order valence-corrected chi connectivity index (χ0v) is 20.6. The number of carbonyl (C=O) groups excluding carboxylic acids is 3. The first kappa shape index (κ1) is 26.9. The van der Waals surface area contributed by atoms with Gasteiger partial charge in [0.1, 0.15) is 23.6 Å². The summed E-state index contributed by atoms with van der Waals surface area (Å²) >= 11 is 0. The normalized spacial score (nSPS) is 33.0. The van der Waals surface area contributed by atoms with Crippen molar-refractivity contribution in [2.24, 2.45) is 11.3 Å². The van der Waals surface area contributed by atoms with E-state index in [0.29, 0.717) is 19.3 Å². The van der Waals surface area contributed by atoms with E-state index in [9.17, 15) is 31.6 Å². The Bertz CT molecular complexity index is 973. The summed E-state index contributed by atoms with van der Waals surface area (Å²) in [7, 11) is -6.03. The minimum atomic E-state index is -6.03. The standard InChI is InChI=1S/C22H32F2O9S/c1-5-15(25)9-19-6-14-7-20(11-19,31-10-16(26)32-18(2,3)4)13-21(8-14,12-19)33-17(27)22(23,24)34(28,29)30/h14H,5-13H2,1-4H3,(H,28,29,30). The average Bonchev–Trinajstić information content (AvgIpc) is 2.62. The summed E-state index contributed by atoms with van der Waals surface area (Å²) in [5.41, 5.74) is -3.98. The van der Waals surface area contributed by atoms with Gasteiger partial charge in [-0.1, -0.05) is 6.92 Å².